The predicted molar refractivity (Wildman–Crippen MR) is 65.1 cm³/mol. The van der Waals surface area contributed by atoms with Gasteiger partial charge < -0.3 is 14.4 Å². The highest BCUT2D eigenvalue weighted by atomic mass is 16.5. The van der Waals surface area contributed by atoms with Crippen molar-refractivity contribution in [3.05, 3.63) is 11.7 Å². The number of β-amino-alcohol motifs (C(OH)–C–C–N with tert-alkyl or cyclic N) is 1. The molecule has 2 unspecified atom stereocenters. The number of likely N-dealkylation sites (tertiary alicyclic amines) is 1. The van der Waals surface area contributed by atoms with E-state index in [1.165, 1.54) is 7.11 Å². The molecule has 0 radical (unpaired) electrons. The molecule has 1 aliphatic rings. The minimum Gasteiger partial charge on any atom is -0.468 e. The Morgan fingerprint density at radius 3 is 3.11 bits per heavy atom. The zero-order valence-corrected chi connectivity index (χ0v) is 11.2. The molecule has 7 heteroatoms. The van der Waals surface area contributed by atoms with E-state index in [2.05, 4.69) is 10.1 Å². The number of carbonyl (C=O) groups is 1. The second kappa shape index (κ2) is 6.12. The van der Waals surface area contributed by atoms with E-state index in [0.717, 1.165) is 12.8 Å². The molecule has 7 nitrogen and oxygen atoms in total. The van der Waals surface area contributed by atoms with E-state index in [1.54, 1.807) is 0 Å². The summed E-state index contributed by atoms with van der Waals surface area (Å²) in [5, 5.41) is 13.5. The molecule has 0 spiro atoms. The summed E-state index contributed by atoms with van der Waals surface area (Å²) in [7, 11) is 1.35. The first-order chi connectivity index (χ1) is 9.13. The number of hydrogen-bond donors (Lipinski definition) is 1. The van der Waals surface area contributed by atoms with Gasteiger partial charge in [0.1, 0.15) is 6.04 Å². The maximum Gasteiger partial charge on any atom is 0.323 e. The van der Waals surface area contributed by atoms with Crippen molar-refractivity contribution in [3.8, 4) is 0 Å². The molecule has 2 heterocycles. The highest BCUT2D eigenvalue weighted by Gasteiger charge is 2.37. The largest absolute Gasteiger partial charge is 0.468 e. The second-order valence-electron chi connectivity index (χ2n) is 4.71. The van der Waals surface area contributed by atoms with Crippen LogP contribution in [0.3, 0.4) is 0 Å². The zero-order valence-electron chi connectivity index (χ0n) is 11.2. The summed E-state index contributed by atoms with van der Waals surface area (Å²) in [6, 6.07) is -0.437. The average molecular weight is 269 g/mol. The molecule has 19 heavy (non-hydrogen) atoms. The van der Waals surface area contributed by atoms with E-state index in [9.17, 15) is 9.90 Å². The standard InChI is InChI=1S/C12H19N3O4/c1-3-4-11-13-10(14-19-11)7-15-6-8(16)5-9(15)12(17)18-2/h8-9,16H,3-7H2,1-2H3. The Morgan fingerprint density at radius 1 is 1.63 bits per heavy atom. The highest BCUT2D eigenvalue weighted by molar-refractivity contribution is 5.76. The number of aromatic nitrogens is 2. The van der Waals surface area contributed by atoms with Crippen LogP contribution in [-0.4, -0.2) is 51.9 Å². The van der Waals surface area contributed by atoms with Gasteiger partial charge in [-0.25, -0.2) is 0 Å². The van der Waals surface area contributed by atoms with Gasteiger partial charge >= 0.3 is 5.97 Å². The molecule has 1 aromatic rings. The zero-order chi connectivity index (χ0) is 13.8. The van der Waals surface area contributed by atoms with Crippen molar-refractivity contribution in [1.29, 1.82) is 0 Å². The molecule has 0 saturated carbocycles. The SMILES string of the molecule is CCCc1nc(CN2CC(O)CC2C(=O)OC)no1. The number of carbonyl (C=O) groups excluding carboxylic acids is 1. The van der Waals surface area contributed by atoms with Crippen LogP contribution in [0.4, 0.5) is 0 Å². The van der Waals surface area contributed by atoms with Crippen LogP contribution in [0.25, 0.3) is 0 Å². The summed E-state index contributed by atoms with van der Waals surface area (Å²) in [6.45, 7) is 2.83. The summed E-state index contributed by atoms with van der Waals surface area (Å²) in [6.07, 6.45) is 1.54. The van der Waals surface area contributed by atoms with Crippen LogP contribution in [0.15, 0.2) is 4.52 Å². The molecule has 0 aromatic carbocycles. The van der Waals surface area contributed by atoms with Crippen LogP contribution in [-0.2, 0) is 22.5 Å². The predicted octanol–water partition coefficient (Wildman–Crippen LogP) is 0.130. The lowest BCUT2D eigenvalue weighted by molar-refractivity contribution is -0.146. The van der Waals surface area contributed by atoms with E-state index < -0.39 is 12.1 Å². The van der Waals surface area contributed by atoms with Gasteiger partial charge in [0.25, 0.3) is 0 Å². The number of ether oxygens (including phenoxy) is 1. The molecular formula is C12H19N3O4. The van der Waals surface area contributed by atoms with Crippen LogP contribution < -0.4 is 0 Å². The Hall–Kier alpha value is -1.47. The van der Waals surface area contributed by atoms with Gasteiger partial charge in [0.05, 0.1) is 19.8 Å². The third-order valence-corrected chi connectivity index (χ3v) is 3.17. The normalized spacial score (nSPS) is 23.7. The Balaban J connectivity index is 2.01. The molecule has 1 aliphatic heterocycles. The molecule has 1 N–H and O–H groups in total. The molecule has 1 aromatic heterocycles. The van der Waals surface area contributed by atoms with Crippen molar-refractivity contribution in [3.63, 3.8) is 0 Å². The lowest BCUT2D eigenvalue weighted by Crippen LogP contribution is -2.36. The van der Waals surface area contributed by atoms with Gasteiger partial charge in [-0.15, -0.1) is 0 Å². The Morgan fingerprint density at radius 2 is 2.42 bits per heavy atom. The number of methoxy groups -OCH3 is 1. The molecule has 1 fully saturated rings. The smallest absolute Gasteiger partial charge is 0.323 e. The van der Waals surface area contributed by atoms with E-state index in [-0.39, 0.29) is 5.97 Å². The lowest BCUT2D eigenvalue weighted by Gasteiger charge is -2.19. The molecule has 0 amide bonds. The first-order valence-corrected chi connectivity index (χ1v) is 6.45. The summed E-state index contributed by atoms with van der Waals surface area (Å²) < 4.78 is 9.84. The first-order valence-electron chi connectivity index (χ1n) is 6.45. The van der Waals surface area contributed by atoms with Crippen LogP contribution >= 0.6 is 0 Å². The van der Waals surface area contributed by atoms with Crippen LogP contribution in [0, 0.1) is 0 Å². The summed E-state index contributed by atoms with van der Waals surface area (Å²) in [5.74, 6) is 0.798. The summed E-state index contributed by atoms with van der Waals surface area (Å²) in [4.78, 5) is 17.7. The van der Waals surface area contributed by atoms with Crippen LogP contribution in [0.1, 0.15) is 31.5 Å². The topological polar surface area (TPSA) is 88.7 Å². The van der Waals surface area contributed by atoms with Gasteiger partial charge in [0, 0.05) is 19.4 Å². The van der Waals surface area contributed by atoms with E-state index in [1.807, 2.05) is 11.8 Å². The molecule has 2 atom stereocenters. The number of aryl methyl sites for hydroxylation is 1. The number of esters is 1. The van der Waals surface area contributed by atoms with Crippen molar-refractivity contribution in [2.45, 2.75) is 44.9 Å². The van der Waals surface area contributed by atoms with Crippen LogP contribution in [0.2, 0.25) is 0 Å². The van der Waals surface area contributed by atoms with Crippen molar-refractivity contribution >= 4 is 5.97 Å². The number of aliphatic hydroxyl groups excluding tert-OH is 1. The summed E-state index contributed by atoms with van der Waals surface area (Å²) >= 11 is 0. The van der Waals surface area contributed by atoms with Crippen molar-refractivity contribution in [2.24, 2.45) is 0 Å². The van der Waals surface area contributed by atoms with Gasteiger partial charge in [-0.2, -0.15) is 4.98 Å². The van der Waals surface area contributed by atoms with E-state index in [0.29, 0.717) is 31.2 Å². The Kier molecular flexibility index (Phi) is 4.49. The van der Waals surface area contributed by atoms with E-state index >= 15 is 0 Å². The van der Waals surface area contributed by atoms with E-state index in [4.69, 9.17) is 9.26 Å². The van der Waals surface area contributed by atoms with Crippen molar-refractivity contribution in [1.82, 2.24) is 15.0 Å². The Labute approximate surface area is 111 Å². The maximum atomic E-state index is 11.6. The highest BCUT2D eigenvalue weighted by Crippen LogP contribution is 2.20. The number of aliphatic hydroxyl groups is 1. The fourth-order valence-electron chi connectivity index (χ4n) is 2.29. The molecule has 2 rings (SSSR count). The molecule has 106 valence electrons. The molecule has 1 saturated heterocycles. The Bertz CT molecular complexity index is 434. The van der Waals surface area contributed by atoms with Gasteiger partial charge in [-0.3, -0.25) is 9.69 Å². The van der Waals surface area contributed by atoms with Gasteiger partial charge in [0.2, 0.25) is 5.89 Å². The minimum atomic E-state index is -0.522. The van der Waals surface area contributed by atoms with Gasteiger partial charge in [0.15, 0.2) is 5.82 Å². The van der Waals surface area contributed by atoms with Gasteiger partial charge in [-0.05, 0) is 6.42 Å². The second-order valence-corrected chi connectivity index (χ2v) is 4.71. The van der Waals surface area contributed by atoms with Crippen molar-refractivity contribution < 1.29 is 19.2 Å². The summed E-state index contributed by atoms with van der Waals surface area (Å²) in [5.41, 5.74) is 0. The van der Waals surface area contributed by atoms with Crippen LogP contribution in [0.5, 0.6) is 0 Å². The third-order valence-electron chi connectivity index (χ3n) is 3.17. The van der Waals surface area contributed by atoms with Gasteiger partial charge in [-0.1, -0.05) is 12.1 Å². The van der Waals surface area contributed by atoms with Crippen molar-refractivity contribution in [2.75, 3.05) is 13.7 Å². The number of hydrogen-bond acceptors (Lipinski definition) is 7. The fourth-order valence-corrected chi connectivity index (χ4v) is 2.29. The number of nitrogens with zero attached hydrogens (tertiary/aromatic N) is 3. The molecular weight excluding hydrogens is 250 g/mol. The monoisotopic (exact) mass is 269 g/mol. The lowest BCUT2D eigenvalue weighted by atomic mass is 10.2. The molecule has 0 aliphatic carbocycles. The third kappa shape index (κ3) is 3.30. The quantitative estimate of drug-likeness (QED) is 0.760. The fraction of sp³-hybridized carbons (Fsp3) is 0.750. The first kappa shape index (κ1) is 14.0. The average Bonchev–Trinajstić information content (AvgIpc) is 2.96. The molecule has 0 bridgehead atoms. The minimum absolute atomic E-state index is 0.339. The number of rotatable bonds is 5. The maximum absolute atomic E-state index is 11.6.